The van der Waals surface area contributed by atoms with Crippen LogP contribution in [-0.2, 0) is 5.41 Å². The molecule has 0 radical (unpaired) electrons. The minimum Gasteiger partial charge on any atom is -0.504 e. The van der Waals surface area contributed by atoms with Crippen molar-refractivity contribution < 1.29 is 10.2 Å². The maximum absolute atomic E-state index is 11.0. The number of rotatable bonds is 0. The van der Waals surface area contributed by atoms with Gasteiger partial charge in [-0.1, -0.05) is 22.0 Å². The van der Waals surface area contributed by atoms with Crippen LogP contribution in [0.2, 0.25) is 0 Å². The standard InChI is InChI=1S/C18H16BrN3O2S/c19-8-4-18-5-11(25-10(18)3-9(8)23)22-16-13(18)14-12-7(1-2-20-14)6-21-15(12)17(16)24/h4,6,9-11,22-24H,1-3,5H2/t9-,10?,11-,18-/m0/s1. The first-order valence-electron chi connectivity index (χ1n) is 8.58. The molecule has 2 bridgehead atoms. The molecule has 5 nitrogen and oxygen atoms in total. The number of nitrogens with zero attached hydrogens (tertiary/aromatic N) is 2. The summed E-state index contributed by atoms with van der Waals surface area (Å²) in [6.07, 6.45) is 6.15. The van der Waals surface area contributed by atoms with Gasteiger partial charge in [0.2, 0.25) is 0 Å². The van der Waals surface area contributed by atoms with E-state index >= 15 is 0 Å². The van der Waals surface area contributed by atoms with E-state index in [1.54, 1.807) is 0 Å². The van der Waals surface area contributed by atoms with Gasteiger partial charge in [0.05, 0.1) is 22.5 Å². The highest BCUT2D eigenvalue weighted by Gasteiger charge is 2.56. The molecule has 1 saturated heterocycles. The van der Waals surface area contributed by atoms with E-state index in [9.17, 15) is 10.2 Å². The van der Waals surface area contributed by atoms with Crippen LogP contribution < -0.4 is 15.9 Å². The molecule has 1 unspecified atom stereocenters. The van der Waals surface area contributed by atoms with Gasteiger partial charge in [-0.3, -0.25) is 9.98 Å². The number of aliphatic hydroxyl groups is 1. The van der Waals surface area contributed by atoms with Gasteiger partial charge >= 0.3 is 0 Å². The van der Waals surface area contributed by atoms with Crippen LogP contribution in [-0.4, -0.2) is 39.7 Å². The fourth-order valence-electron chi connectivity index (χ4n) is 5.04. The summed E-state index contributed by atoms with van der Waals surface area (Å²) in [5.74, 6) is 0.248. The molecule has 3 N–H and O–H groups in total. The monoisotopic (exact) mass is 417 g/mol. The number of halogens is 1. The Balaban J connectivity index is 1.77. The Morgan fingerprint density at radius 3 is 3.16 bits per heavy atom. The van der Waals surface area contributed by atoms with E-state index < -0.39 is 6.10 Å². The van der Waals surface area contributed by atoms with Gasteiger partial charge in [0, 0.05) is 38.7 Å². The number of phenols is 1. The smallest absolute Gasteiger partial charge is 0.165 e. The second kappa shape index (κ2) is 4.69. The molecule has 1 aromatic rings. The summed E-state index contributed by atoms with van der Waals surface area (Å²) in [5.41, 5.74) is 3.53. The van der Waals surface area contributed by atoms with Crippen molar-refractivity contribution in [3.05, 3.63) is 26.7 Å². The van der Waals surface area contributed by atoms with Gasteiger partial charge in [-0.2, -0.15) is 0 Å². The van der Waals surface area contributed by atoms with Gasteiger partial charge < -0.3 is 15.5 Å². The summed E-state index contributed by atoms with van der Waals surface area (Å²) in [6, 6.07) is 0. The van der Waals surface area contributed by atoms with Crippen LogP contribution in [0.5, 0.6) is 5.75 Å². The maximum atomic E-state index is 11.0. The van der Waals surface area contributed by atoms with Gasteiger partial charge in [0.1, 0.15) is 5.69 Å². The molecule has 4 atom stereocenters. The number of phenolic OH excluding ortho intramolecular Hbond substituents is 1. The molecule has 7 heteroatoms. The zero-order valence-electron chi connectivity index (χ0n) is 13.3. The average molecular weight is 418 g/mol. The predicted octanol–water partition coefficient (Wildman–Crippen LogP) is 1.82. The zero-order valence-corrected chi connectivity index (χ0v) is 15.7. The zero-order chi connectivity index (χ0) is 16.9. The highest BCUT2D eigenvalue weighted by Crippen LogP contribution is 2.60. The lowest BCUT2D eigenvalue weighted by Crippen LogP contribution is -2.48. The van der Waals surface area contributed by atoms with E-state index in [4.69, 9.17) is 4.99 Å². The predicted molar refractivity (Wildman–Crippen MR) is 103 cm³/mol. The van der Waals surface area contributed by atoms with Crippen molar-refractivity contribution in [3.8, 4) is 5.75 Å². The van der Waals surface area contributed by atoms with Crippen LogP contribution in [0.4, 0.5) is 11.4 Å². The Morgan fingerprint density at radius 2 is 2.28 bits per heavy atom. The Morgan fingerprint density at radius 1 is 1.40 bits per heavy atom. The largest absolute Gasteiger partial charge is 0.504 e. The first kappa shape index (κ1) is 14.8. The molecule has 6 rings (SSSR count). The molecule has 128 valence electrons. The number of thioether (sulfide) groups is 1. The van der Waals surface area contributed by atoms with Gasteiger partial charge in [0.25, 0.3) is 0 Å². The van der Waals surface area contributed by atoms with Crippen molar-refractivity contribution in [1.82, 2.24) is 0 Å². The first-order chi connectivity index (χ1) is 12.1. The Bertz CT molecular complexity index is 1030. The molecule has 0 amide bonds. The van der Waals surface area contributed by atoms with Crippen LogP contribution in [0.25, 0.3) is 5.57 Å². The van der Waals surface area contributed by atoms with E-state index in [1.807, 2.05) is 18.0 Å². The average Bonchev–Trinajstić information content (AvgIpc) is 3.13. The molecule has 1 aliphatic carbocycles. The van der Waals surface area contributed by atoms with E-state index in [0.29, 0.717) is 12.1 Å². The Hall–Kier alpha value is -1.31. The Kier molecular flexibility index (Phi) is 2.78. The minimum absolute atomic E-state index is 0.204. The molecule has 1 fully saturated rings. The number of aromatic hydroxyl groups is 1. The second-order valence-corrected chi connectivity index (χ2v) is 9.69. The van der Waals surface area contributed by atoms with Crippen molar-refractivity contribution >= 4 is 50.9 Å². The van der Waals surface area contributed by atoms with E-state index in [2.05, 4.69) is 32.3 Å². The van der Waals surface area contributed by atoms with Crippen LogP contribution in [0.3, 0.4) is 0 Å². The Labute approximate surface area is 156 Å². The third-order valence-electron chi connectivity index (χ3n) is 6.09. The molecule has 1 spiro atoms. The van der Waals surface area contributed by atoms with Crippen molar-refractivity contribution in [2.24, 2.45) is 9.98 Å². The molecule has 4 heterocycles. The van der Waals surface area contributed by atoms with Crippen LogP contribution in [0.15, 0.2) is 20.5 Å². The lowest BCUT2D eigenvalue weighted by atomic mass is 9.67. The number of hydrogen-bond donors (Lipinski definition) is 3. The molecule has 0 saturated carbocycles. The normalized spacial score (nSPS) is 36.2. The van der Waals surface area contributed by atoms with E-state index in [0.717, 1.165) is 45.7 Å². The highest BCUT2D eigenvalue weighted by molar-refractivity contribution is 9.11. The van der Waals surface area contributed by atoms with Gasteiger partial charge in [-0.15, -0.1) is 11.8 Å². The molecular weight excluding hydrogens is 402 g/mol. The summed E-state index contributed by atoms with van der Waals surface area (Å²) in [4.78, 5) is 9.35. The first-order valence-corrected chi connectivity index (χ1v) is 10.3. The quantitative estimate of drug-likeness (QED) is 0.562. The van der Waals surface area contributed by atoms with Crippen LogP contribution in [0.1, 0.15) is 24.8 Å². The number of aliphatic imine (C=N–C) groups is 1. The fraction of sp³-hybridized carbons (Fsp3) is 0.444. The molecular formula is C18H16BrN3O2S. The topological polar surface area (TPSA) is 77.2 Å². The van der Waals surface area contributed by atoms with Crippen molar-refractivity contribution in [1.29, 1.82) is 0 Å². The number of nitrogens with one attached hydrogen (secondary N) is 1. The van der Waals surface area contributed by atoms with Crippen molar-refractivity contribution in [2.45, 2.75) is 41.4 Å². The maximum Gasteiger partial charge on any atom is 0.165 e. The lowest BCUT2D eigenvalue weighted by molar-refractivity contribution is 0.189. The molecule has 4 aliphatic heterocycles. The summed E-state index contributed by atoms with van der Waals surface area (Å²) >= 11 is 5.44. The number of fused-ring (bicyclic) bond motifs is 3. The van der Waals surface area contributed by atoms with E-state index in [-0.39, 0.29) is 21.8 Å². The third-order valence-corrected chi connectivity index (χ3v) is 8.40. The van der Waals surface area contributed by atoms with Crippen molar-refractivity contribution in [2.75, 3.05) is 11.9 Å². The summed E-state index contributed by atoms with van der Waals surface area (Å²) in [5, 5.41) is 27.3. The summed E-state index contributed by atoms with van der Waals surface area (Å²) in [6.45, 7) is 0.760. The number of allylic oxidation sites excluding steroid dienone is 1. The second-order valence-electron chi connectivity index (χ2n) is 7.37. The molecule has 25 heavy (non-hydrogen) atoms. The van der Waals surface area contributed by atoms with Crippen molar-refractivity contribution in [3.63, 3.8) is 0 Å². The van der Waals surface area contributed by atoms with Gasteiger partial charge in [0.15, 0.2) is 5.75 Å². The van der Waals surface area contributed by atoms with Crippen LogP contribution >= 0.6 is 27.7 Å². The van der Waals surface area contributed by atoms with Crippen LogP contribution in [0, 0.1) is 0 Å². The third kappa shape index (κ3) is 1.70. The van der Waals surface area contributed by atoms with Gasteiger partial charge in [-0.05, 0) is 24.8 Å². The molecule has 1 aromatic carbocycles. The highest BCUT2D eigenvalue weighted by atomic mass is 79.9. The number of hydrogen-bond acceptors (Lipinski definition) is 6. The van der Waals surface area contributed by atoms with Gasteiger partial charge in [-0.25, -0.2) is 0 Å². The summed E-state index contributed by atoms with van der Waals surface area (Å²) < 4.78 is 0.848. The number of benzene rings is 1. The van der Waals surface area contributed by atoms with E-state index in [1.165, 1.54) is 5.57 Å². The number of aliphatic hydroxyl groups excluding tert-OH is 1. The SMILES string of the molecule is Oc1c2c(c3c4c1N=CC=4CCN=3)[C@]13C=C(Br)[C@@H](O)CC1S[C@@H](C3)N2. The molecule has 0 aromatic heterocycles. The minimum atomic E-state index is -0.451. The lowest BCUT2D eigenvalue weighted by Gasteiger charge is -2.41. The fourth-order valence-corrected chi connectivity index (χ4v) is 7.41. The molecule has 5 aliphatic rings. The summed E-state index contributed by atoms with van der Waals surface area (Å²) in [7, 11) is 0. The number of anilines is 1.